The molecule has 2 heterocycles. The van der Waals surface area contributed by atoms with Crippen molar-refractivity contribution >= 4 is 44.0 Å². The second-order valence-electron chi connectivity index (χ2n) is 6.56. The highest BCUT2D eigenvalue weighted by atomic mass is 35.5. The molecule has 5 nitrogen and oxygen atoms in total. The minimum Gasteiger partial charge on any atom is -0.495 e. The van der Waals surface area contributed by atoms with Gasteiger partial charge in [-0.2, -0.15) is 0 Å². The molecule has 0 amide bonds. The molecule has 0 bridgehead atoms. The van der Waals surface area contributed by atoms with Crippen LogP contribution in [-0.4, -0.2) is 56.3 Å². The molecule has 0 radical (unpaired) electrons. The molecule has 1 saturated heterocycles. The number of thiazole rings is 1. The van der Waals surface area contributed by atoms with Crippen molar-refractivity contribution in [1.82, 2.24) is 9.88 Å². The summed E-state index contributed by atoms with van der Waals surface area (Å²) in [5.41, 5.74) is 2.24. The first-order valence-electron chi connectivity index (χ1n) is 9.13. The summed E-state index contributed by atoms with van der Waals surface area (Å²) >= 11 is 7.63. The molecule has 2 aromatic carbocycles. The summed E-state index contributed by atoms with van der Waals surface area (Å²) in [6.45, 7) is 6.13. The molecule has 1 aliphatic heterocycles. The quantitative estimate of drug-likeness (QED) is 0.669. The molecule has 0 aliphatic carbocycles. The van der Waals surface area contributed by atoms with E-state index < -0.39 is 0 Å². The molecule has 142 valence electrons. The van der Waals surface area contributed by atoms with Crippen molar-refractivity contribution in [2.45, 2.75) is 0 Å². The van der Waals surface area contributed by atoms with Gasteiger partial charge in [0.25, 0.3) is 0 Å². The van der Waals surface area contributed by atoms with Crippen molar-refractivity contribution < 1.29 is 4.74 Å². The molecule has 4 rings (SSSR count). The fourth-order valence-electron chi connectivity index (χ4n) is 3.36. The first-order valence-corrected chi connectivity index (χ1v) is 10.3. The second-order valence-corrected chi connectivity index (χ2v) is 7.99. The zero-order valence-corrected chi connectivity index (χ0v) is 16.9. The highest BCUT2D eigenvalue weighted by Gasteiger charge is 2.17. The number of nitrogens with one attached hydrogen (secondary N) is 1. The molecule has 0 spiro atoms. The Morgan fingerprint density at radius 2 is 1.89 bits per heavy atom. The van der Waals surface area contributed by atoms with Gasteiger partial charge < -0.3 is 15.0 Å². The maximum atomic E-state index is 5.98. The van der Waals surface area contributed by atoms with E-state index in [1.54, 1.807) is 18.4 Å². The van der Waals surface area contributed by atoms with E-state index in [1.807, 2.05) is 30.3 Å². The van der Waals surface area contributed by atoms with Gasteiger partial charge in [-0.25, -0.2) is 4.98 Å². The van der Waals surface area contributed by atoms with E-state index in [1.165, 1.54) is 5.69 Å². The van der Waals surface area contributed by atoms with Crippen LogP contribution in [0.15, 0.2) is 42.5 Å². The number of hydrogen-bond donors (Lipinski definition) is 1. The number of hydrogen-bond acceptors (Lipinski definition) is 6. The van der Waals surface area contributed by atoms with E-state index >= 15 is 0 Å². The Labute approximate surface area is 168 Å². The minimum absolute atomic E-state index is 0.788. The number of benzene rings is 2. The van der Waals surface area contributed by atoms with Crippen LogP contribution in [0.2, 0.25) is 5.02 Å². The summed E-state index contributed by atoms with van der Waals surface area (Å²) in [7, 11) is 1.70. The smallest absolute Gasteiger partial charge is 0.183 e. The molecular weight excluding hydrogens is 380 g/mol. The van der Waals surface area contributed by atoms with Gasteiger partial charge in [-0.1, -0.05) is 29.0 Å². The van der Waals surface area contributed by atoms with Crippen LogP contribution in [0, 0.1) is 0 Å². The molecule has 7 heteroatoms. The van der Waals surface area contributed by atoms with Gasteiger partial charge in [-0.15, -0.1) is 0 Å². The summed E-state index contributed by atoms with van der Waals surface area (Å²) in [5, 5.41) is 5.20. The molecule has 0 unspecified atom stereocenters. The van der Waals surface area contributed by atoms with Crippen LogP contribution in [0.5, 0.6) is 5.75 Å². The Kier molecular flexibility index (Phi) is 5.66. The number of aromatic nitrogens is 1. The predicted octanol–water partition coefficient (Wildman–Crippen LogP) is 4.19. The molecule has 3 aromatic rings. The summed E-state index contributed by atoms with van der Waals surface area (Å²) in [6, 6.07) is 14.1. The fraction of sp³-hybridized carbons (Fsp3) is 0.350. The average Bonchev–Trinajstić information content (AvgIpc) is 3.12. The Balaban J connectivity index is 1.26. The first-order chi connectivity index (χ1) is 13.2. The third-order valence-corrected chi connectivity index (χ3v) is 6.16. The monoisotopic (exact) mass is 402 g/mol. The van der Waals surface area contributed by atoms with E-state index in [9.17, 15) is 0 Å². The Bertz CT molecular complexity index is 891. The van der Waals surface area contributed by atoms with Gasteiger partial charge in [0.15, 0.2) is 5.13 Å². The van der Waals surface area contributed by atoms with Gasteiger partial charge in [-0.3, -0.25) is 4.90 Å². The molecule has 1 fully saturated rings. The van der Waals surface area contributed by atoms with Crippen molar-refractivity contribution in [2.24, 2.45) is 0 Å². The second kappa shape index (κ2) is 8.33. The Hall–Kier alpha value is -2.02. The molecular formula is C20H23ClN4OS. The summed E-state index contributed by atoms with van der Waals surface area (Å²) in [6.07, 6.45) is 0. The third kappa shape index (κ3) is 4.29. The van der Waals surface area contributed by atoms with Crippen molar-refractivity contribution in [1.29, 1.82) is 0 Å². The third-order valence-electron chi connectivity index (χ3n) is 4.87. The van der Waals surface area contributed by atoms with Crippen molar-refractivity contribution in [3.05, 3.63) is 47.5 Å². The highest BCUT2D eigenvalue weighted by molar-refractivity contribution is 7.22. The molecule has 1 aliphatic rings. The maximum absolute atomic E-state index is 5.98. The van der Waals surface area contributed by atoms with E-state index in [-0.39, 0.29) is 0 Å². The predicted molar refractivity (Wildman–Crippen MR) is 115 cm³/mol. The number of nitrogens with zero attached hydrogens (tertiary/aromatic N) is 3. The van der Waals surface area contributed by atoms with Crippen LogP contribution >= 0.6 is 22.9 Å². The van der Waals surface area contributed by atoms with Gasteiger partial charge >= 0.3 is 0 Å². The van der Waals surface area contributed by atoms with Crippen molar-refractivity contribution in [2.75, 3.05) is 56.6 Å². The van der Waals surface area contributed by atoms with Crippen LogP contribution < -0.4 is 15.0 Å². The minimum atomic E-state index is 0.788. The maximum Gasteiger partial charge on any atom is 0.183 e. The van der Waals surface area contributed by atoms with Crippen LogP contribution in [0.25, 0.3) is 10.2 Å². The molecule has 1 aromatic heterocycles. The highest BCUT2D eigenvalue weighted by Crippen LogP contribution is 2.33. The van der Waals surface area contributed by atoms with Gasteiger partial charge in [0.1, 0.15) is 5.75 Å². The Morgan fingerprint density at radius 1 is 1.11 bits per heavy atom. The number of ether oxygens (including phenoxy) is 1. The SMILES string of the molecule is COc1cccc2nc(NCCN3CCN(c4ccc(Cl)cc4)CC3)sc12. The molecule has 0 saturated carbocycles. The number of anilines is 2. The van der Waals surface area contributed by atoms with Crippen LogP contribution in [0.4, 0.5) is 10.8 Å². The number of rotatable bonds is 6. The average molecular weight is 403 g/mol. The fourth-order valence-corrected chi connectivity index (χ4v) is 4.47. The van der Waals surface area contributed by atoms with E-state index in [0.29, 0.717) is 0 Å². The lowest BCUT2D eigenvalue weighted by Crippen LogP contribution is -2.47. The van der Waals surface area contributed by atoms with Crippen molar-refractivity contribution in [3.63, 3.8) is 0 Å². The van der Waals surface area contributed by atoms with Crippen LogP contribution in [-0.2, 0) is 0 Å². The summed E-state index contributed by atoms with van der Waals surface area (Å²) < 4.78 is 6.51. The standard InChI is InChI=1S/C20H23ClN4OS/c1-26-18-4-2-3-17-19(18)27-20(23-17)22-9-10-24-11-13-25(14-12-24)16-7-5-15(21)6-8-16/h2-8H,9-14H2,1H3,(H,22,23). The van der Waals surface area contributed by atoms with Crippen molar-refractivity contribution in [3.8, 4) is 5.75 Å². The van der Waals surface area contributed by atoms with Crippen LogP contribution in [0.3, 0.4) is 0 Å². The van der Waals surface area contributed by atoms with Gasteiger partial charge in [0, 0.05) is 50.0 Å². The van der Waals surface area contributed by atoms with Gasteiger partial charge in [0.05, 0.1) is 17.3 Å². The molecule has 27 heavy (non-hydrogen) atoms. The zero-order valence-electron chi connectivity index (χ0n) is 15.3. The molecule has 1 N–H and O–H groups in total. The number of halogens is 1. The van der Waals surface area contributed by atoms with E-state index in [2.05, 4.69) is 32.2 Å². The van der Waals surface area contributed by atoms with Crippen LogP contribution in [0.1, 0.15) is 0 Å². The van der Waals surface area contributed by atoms with E-state index in [0.717, 1.165) is 65.4 Å². The topological polar surface area (TPSA) is 40.6 Å². The summed E-state index contributed by atoms with van der Waals surface area (Å²) in [5.74, 6) is 0.886. The lowest BCUT2D eigenvalue weighted by Gasteiger charge is -2.36. The van der Waals surface area contributed by atoms with Gasteiger partial charge in [-0.05, 0) is 36.4 Å². The number of methoxy groups -OCH3 is 1. The van der Waals surface area contributed by atoms with E-state index in [4.69, 9.17) is 16.3 Å². The number of fused-ring (bicyclic) bond motifs is 1. The largest absolute Gasteiger partial charge is 0.495 e. The first kappa shape index (κ1) is 18.3. The Morgan fingerprint density at radius 3 is 2.63 bits per heavy atom. The zero-order chi connectivity index (χ0) is 18.6. The summed E-state index contributed by atoms with van der Waals surface area (Å²) in [4.78, 5) is 9.56. The lowest BCUT2D eigenvalue weighted by molar-refractivity contribution is 0.267. The van der Waals surface area contributed by atoms with Gasteiger partial charge in [0.2, 0.25) is 0 Å². The number of piperazine rings is 1. The normalized spacial score (nSPS) is 15.3. The molecule has 0 atom stereocenters. The lowest BCUT2D eigenvalue weighted by atomic mass is 10.2.